The van der Waals surface area contributed by atoms with Crippen LogP contribution in [0, 0.1) is 5.92 Å². The Morgan fingerprint density at radius 2 is 1.38 bits per heavy atom. The van der Waals surface area contributed by atoms with Gasteiger partial charge in [-0.15, -0.1) is 0 Å². The number of amides is 2. The third kappa shape index (κ3) is 9.63. The lowest BCUT2D eigenvalue weighted by molar-refractivity contribution is -0.151. The second kappa shape index (κ2) is 12.5. The number of carboxylic acids is 2. The minimum atomic E-state index is -3.02. The Morgan fingerprint density at radius 3 is 1.81 bits per heavy atom. The molecular formula is C21H26F2N2O7. The van der Waals surface area contributed by atoms with Gasteiger partial charge in [0.15, 0.2) is 0 Å². The molecule has 2 atom stereocenters. The highest BCUT2D eigenvalue weighted by Crippen LogP contribution is 2.11. The van der Waals surface area contributed by atoms with Crippen LogP contribution in [-0.4, -0.2) is 58.3 Å². The van der Waals surface area contributed by atoms with Crippen LogP contribution in [0.4, 0.5) is 8.78 Å². The first-order chi connectivity index (χ1) is 14.9. The molecule has 0 spiro atoms. The summed E-state index contributed by atoms with van der Waals surface area (Å²) in [6.07, 6.45) is -4.37. The SMILES string of the molecule is CC(C)C[C@@H](NC(=O)Cc1ccc(CC(=O)O)cc1)C(=O)N[C@H](CC(F)F)C(=O)C(=O)O. The van der Waals surface area contributed by atoms with E-state index in [0.29, 0.717) is 11.1 Å². The molecule has 0 fully saturated rings. The number of halogens is 2. The van der Waals surface area contributed by atoms with Crippen LogP contribution in [0.15, 0.2) is 24.3 Å². The predicted molar refractivity (Wildman–Crippen MR) is 108 cm³/mol. The van der Waals surface area contributed by atoms with E-state index in [9.17, 15) is 32.8 Å². The van der Waals surface area contributed by atoms with E-state index in [4.69, 9.17) is 10.2 Å². The fourth-order valence-electron chi connectivity index (χ4n) is 2.91. The number of Topliss-reactive ketones (excluding diaryl/α,β-unsaturated/α-hetero) is 1. The number of benzene rings is 1. The highest BCUT2D eigenvalue weighted by atomic mass is 19.3. The predicted octanol–water partition coefficient (Wildman–Crippen LogP) is 1.18. The molecule has 0 aliphatic heterocycles. The van der Waals surface area contributed by atoms with Crippen molar-refractivity contribution in [1.29, 1.82) is 0 Å². The molecule has 9 nitrogen and oxygen atoms in total. The Hall–Kier alpha value is -3.37. The second-order valence-electron chi connectivity index (χ2n) is 7.67. The zero-order valence-corrected chi connectivity index (χ0v) is 17.6. The number of nitrogens with one attached hydrogen (secondary N) is 2. The summed E-state index contributed by atoms with van der Waals surface area (Å²) in [6, 6.07) is 3.16. The van der Waals surface area contributed by atoms with Crippen LogP contribution >= 0.6 is 0 Å². The molecule has 2 amide bonds. The van der Waals surface area contributed by atoms with Gasteiger partial charge < -0.3 is 20.8 Å². The largest absolute Gasteiger partial charge is 0.481 e. The average molecular weight is 456 g/mol. The summed E-state index contributed by atoms with van der Waals surface area (Å²) in [4.78, 5) is 58.2. The third-order valence-corrected chi connectivity index (χ3v) is 4.36. The highest BCUT2D eigenvalue weighted by Gasteiger charge is 2.32. The first-order valence-corrected chi connectivity index (χ1v) is 9.83. The van der Waals surface area contributed by atoms with Gasteiger partial charge in [-0.2, -0.15) is 0 Å². The molecule has 0 aliphatic carbocycles. The molecule has 0 heterocycles. The fraction of sp³-hybridized carbons (Fsp3) is 0.476. The average Bonchev–Trinajstić information content (AvgIpc) is 2.66. The van der Waals surface area contributed by atoms with Crippen LogP contribution in [0.2, 0.25) is 0 Å². The molecule has 32 heavy (non-hydrogen) atoms. The van der Waals surface area contributed by atoms with Gasteiger partial charge in [-0.3, -0.25) is 19.2 Å². The van der Waals surface area contributed by atoms with Crippen molar-refractivity contribution in [2.45, 2.75) is 58.0 Å². The van der Waals surface area contributed by atoms with Gasteiger partial charge >= 0.3 is 11.9 Å². The van der Waals surface area contributed by atoms with Crippen LogP contribution in [0.25, 0.3) is 0 Å². The Labute approximate surface area is 183 Å². The summed E-state index contributed by atoms with van der Waals surface area (Å²) in [5.41, 5.74) is 1.10. The van der Waals surface area contributed by atoms with E-state index >= 15 is 0 Å². The van der Waals surface area contributed by atoms with Crippen molar-refractivity contribution < 1.29 is 43.0 Å². The Balaban J connectivity index is 2.86. The van der Waals surface area contributed by atoms with Crippen molar-refractivity contribution in [3.05, 3.63) is 35.4 Å². The number of alkyl halides is 2. The number of carbonyl (C=O) groups is 5. The number of carboxylic acid groups (broad SMARTS) is 2. The summed E-state index contributed by atoms with van der Waals surface area (Å²) >= 11 is 0. The summed E-state index contributed by atoms with van der Waals surface area (Å²) in [7, 11) is 0. The molecule has 0 bridgehead atoms. The van der Waals surface area contributed by atoms with E-state index in [0.717, 1.165) is 0 Å². The minimum Gasteiger partial charge on any atom is -0.481 e. The van der Waals surface area contributed by atoms with Crippen LogP contribution in [0.3, 0.4) is 0 Å². The van der Waals surface area contributed by atoms with Gasteiger partial charge in [-0.1, -0.05) is 38.1 Å². The molecule has 0 radical (unpaired) electrons. The number of hydrogen-bond acceptors (Lipinski definition) is 5. The van der Waals surface area contributed by atoms with Gasteiger partial charge in [-0.25, -0.2) is 13.6 Å². The van der Waals surface area contributed by atoms with E-state index in [2.05, 4.69) is 5.32 Å². The maximum Gasteiger partial charge on any atom is 0.374 e. The van der Waals surface area contributed by atoms with Crippen molar-refractivity contribution in [1.82, 2.24) is 10.6 Å². The monoisotopic (exact) mass is 456 g/mol. The van der Waals surface area contributed by atoms with Gasteiger partial charge in [0.05, 0.1) is 12.8 Å². The summed E-state index contributed by atoms with van der Waals surface area (Å²) in [5.74, 6) is -6.12. The maximum atomic E-state index is 12.7. The molecule has 11 heteroatoms. The molecule has 1 aromatic rings. The highest BCUT2D eigenvalue weighted by molar-refractivity contribution is 6.35. The zero-order chi connectivity index (χ0) is 24.4. The quantitative estimate of drug-likeness (QED) is 0.326. The number of rotatable bonds is 13. The standard InChI is InChI=1S/C21H26F2N2O7/c1-11(2)7-15(20(30)25-14(10-16(22)23)19(29)21(31)32)24-17(26)8-12-3-5-13(6-4-12)9-18(27)28/h3-6,11,14-16H,7-10H2,1-2H3,(H,24,26)(H,25,30)(H,27,28)(H,31,32)/t14-,15-/m1/s1. The summed E-state index contributed by atoms with van der Waals surface area (Å²) in [6.45, 7) is 3.51. The summed E-state index contributed by atoms with van der Waals surface area (Å²) < 4.78 is 25.4. The lowest BCUT2D eigenvalue weighted by Gasteiger charge is -2.23. The molecule has 176 valence electrons. The summed E-state index contributed by atoms with van der Waals surface area (Å²) in [5, 5.41) is 22.1. The normalized spacial score (nSPS) is 12.8. The number of ketones is 1. The molecule has 4 N–H and O–H groups in total. The minimum absolute atomic E-state index is 0.0925. The Kier molecular flexibility index (Phi) is 10.4. The third-order valence-electron chi connectivity index (χ3n) is 4.36. The zero-order valence-electron chi connectivity index (χ0n) is 17.6. The van der Waals surface area contributed by atoms with Crippen molar-refractivity contribution in [3.8, 4) is 0 Å². The van der Waals surface area contributed by atoms with E-state index < -0.39 is 54.5 Å². The van der Waals surface area contributed by atoms with Gasteiger partial charge in [0.25, 0.3) is 5.78 Å². The topological polar surface area (TPSA) is 150 Å². The number of aliphatic carboxylic acids is 2. The van der Waals surface area contributed by atoms with Crippen molar-refractivity contribution >= 4 is 29.5 Å². The van der Waals surface area contributed by atoms with Crippen molar-refractivity contribution in [2.75, 3.05) is 0 Å². The number of carbonyl (C=O) groups excluding carboxylic acids is 3. The van der Waals surface area contributed by atoms with Crippen LogP contribution in [-0.2, 0) is 36.8 Å². The van der Waals surface area contributed by atoms with Crippen molar-refractivity contribution in [3.63, 3.8) is 0 Å². The molecule has 0 saturated carbocycles. The fourth-order valence-corrected chi connectivity index (χ4v) is 2.91. The van der Waals surface area contributed by atoms with Gasteiger partial charge in [-0.05, 0) is 23.5 Å². The smallest absolute Gasteiger partial charge is 0.374 e. The van der Waals surface area contributed by atoms with E-state index in [-0.39, 0.29) is 25.2 Å². The lowest BCUT2D eigenvalue weighted by Crippen LogP contribution is -2.53. The Bertz CT molecular complexity index is 841. The number of hydrogen-bond donors (Lipinski definition) is 4. The first-order valence-electron chi connectivity index (χ1n) is 9.83. The Morgan fingerprint density at radius 1 is 0.844 bits per heavy atom. The van der Waals surface area contributed by atoms with Gasteiger partial charge in [0, 0.05) is 6.42 Å². The van der Waals surface area contributed by atoms with Crippen molar-refractivity contribution in [2.24, 2.45) is 5.92 Å². The van der Waals surface area contributed by atoms with Crippen LogP contribution < -0.4 is 10.6 Å². The second-order valence-corrected chi connectivity index (χ2v) is 7.67. The molecule has 0 aromatic heterocycles. The first kappa shape index (κ1) is 26.7. The van der Waals surface area contributed by atoms with Gasteiger partial charge in [0.2, 0.25) is 18.2 Å². The van der Waals surface area contributed by atoms with E-state index in [1.165, 1.54) is 0 Å². The molecule has 1 rings (SSSR count). The van der Waals surface area contributed by atoms with Crippen LogP contribution in [0.1, 0.15) is 37.8 Å². The molecular weight excluding hydrogens is 430 g/mol. The molecule has 0 unspecified atom stereocenters. The molecule has 0 aliphatic rings. The van der Waals surface area contributed by atoms with E-state index in [1.54, 1.807) is 38.1 Å². The molecule has 1 aromatic carbocycles. The van der Waals surface area contributed by atoms with Gasteiger partial charge in [0.1, 0.15) is 12.1 Å². The van der Waals surface area contributed by atoms with E-state index in [1.807, 2.05) is 5.32 Å². The van der Waals surface area contributed by atoms with Crippen LogP contribution in [0.5, 0.6) is 0 Å². The molecule has 0 saturated heterocycles. The lowest BCUT2D eigenvalue weighted by atomic mass is 10.0. The maximum absolute atomic E-state index is 12.7.